The Bertz CT molecular complexity index is 1160. The van der Waals surface area contributed by atoms with Crippen molar-refractivity contribution in [3.63, 3.8) is 0 Å². The highest BCUT2D eigenvalue weighted by Crippen LogP contribution is 2.21. The number of aryl methyl sites for hydroxylation is 1. The van der Waals surface area contributed by atoms with Crippen molar-refractivity contribution in [2.24, 2.45) is 5.73 Å². The Morgan fingerprint density at radius 1 is 1.23 bits per heavy atom. The number of aromatic amines is 2. The lowest BCUT2D eigenvalue weighted by Crippen LogP contribution is -2.25. The SMILES string of the molecule is NC(=O)c1occc1OC(=O)c1c(=O)[nH]n2c(=O)c3c([nH]c12)CCCC3. The normalized spacial score (nSPS) is 13.5. The summed E-state index contributed by atoms with van der Waals surface area (Å²) in [6.45, 7) is 0. The van der Waals surface area contributed by atoms with Gasteiger partial charge >= 0.3 is 5.97 Å². The molecule has 1 aliphatic rings. The number of H-pyrrole nitrogens is 2. The Labute approximate surface area is 144 Å². The van der Waals surface area contributed by atoms with Gasteiger partial charge in [0, 0.05) is 17.3 Å². The summed E-state index contributed by atoms with van der Waals surface area (Å²) in [5, 5.41) is 2.34. The lowest BCUT2D eigenvalue weighted by Gasteiger charge is -2.14. The summed E-state index contributed by atoms with van der Waals surface area (Å²) in [6, 6.07) is 1.23. The fourth-order valence-corrected chi connectivity index (χ4v) is 3.16. The van der Waals surface area contributed by atoms with E-state index in [1.165, 1.54) is 6.07 Å². The maximum atomic E-state index is 12.6. The van der Waals surface area contributed by atoms with Gasteiger partial charge < -0.3 is 19.9 Å². The number of nitrogens with two attached hydrogens (primary N) is 1. The Morgan fingerprint density at radius 3 is 2.77 bits per heavy atom. The number of carbonyl (C=O) groups excluding carboxylic acids is 2. The summed E-state index contributed by atoms with van der Waals surface area (Å²) in [5.41, 5.74) is 4.93. The molecule has 10 heteroatoms. The fourth-order valence-electron chi connectivity index (χ4n) is 3.16. The number of primary amides is 1. The minimum atomic E-state index is -1.04. The molecule has 0 saturated heterocycles. The first kappa shape index (κ1) is 15.9. The maximum Gasteiger partial charge on any atom is 0.353 e. The molecule has 3 heterocycles. The number of ether oxygens (including phenoxy) is 1. The average Bonchev–Trinajstić information content (AvgIpc) is 3.19. The topological polar surface area (TPSA) is 153 Å². The number of nitrogens with zero attached hydrogens (tertiary/aromatic N) is 1. The third-order valence-corrected chi connectivity index (χ3v) is 4.36. The van der Waals surface area contributed by atoms with Crippen LogP contribution in [0.25, 0.3) is 5.65 Å². The molecule has 10 nitrogen and oxygen atoms in total. The molecule has 0 radical (unpaired) electrons. The first-order valence-corrected chi connectivity index (χ1v) is 7.95. The number of hydrogen-bond acceptors (Lipinski definition) is 6. The van der Waals surface area contributed by atoms with Crippen LogP contribution in [0, 0.1) is 0 Å². The maximum absolute atomic E-state index is 12.6. The average molecular weight is 358 g/mol. The van der Waals surface area contributed by atoms with Crippen LogP contribution >= 0.6 is 0 Å². The molecule has 1 amide bonds. The van der Waals surface area contributed by atoms with Gasteiger partial charge in [-0.3, -0.25) is 19.5 Å². The van der Waals surface area contributed by atoms with Crippen LogP contribution in [0.1, 0.15) is 45.0 Å². The number of hydrogen-bond donors (Lipinski definition) is 3. The van der Waals surface area contributed by atoms with Gasteiger partial charge in [-0.1, -0.05) is 0 Å². The number of aromatic nitrogens is 3. The molecule has 1 aliphatic carbocycles. The van der Waals surface area contributed by atoms with Crippen molar-refractivity contribution in [3.8, 4) is 5.75 Å². The van der Waals surface area contributed by atoms with Gasteiger partial charge in [0.25, 0.3) is 17.0 Å². The Hall–Kier alpha value is -3.56. The quantitative estimate of drug-likeness (QED) is 0.565. The van der Waals surface area contributed by atoms with Gasteiger partial charge in [0.05, 0.1) is 6.26 Å². The Morgan fingerprint density at radius 2 is 2.00 bits per heavy atom. The van der Waals surface area contributed by atoms with Gasteiger partial charge in [0.1, 0.15) is 0 Å². The number of carbonyl (C=O) groups is 2. The van der Waals surface area contributed by atoms with Crippen LogP contribution in [0.4, 0.5) is 0 Å². The minimum absolute atomic E-state index is 0.0229. The zero-order chi connectivity index (χ0) is 18.4. The van der Waals surface area contributed by atoms with Crippen molar-refractivity contribution in [2.45, 2.75) is 25.7 Å². The number of amides is 1. The van der Waals surface area contributed by atoms with Crippen molar-refractivity contribution in [1.82, 2.24) is 14.6 Å². The zero-order valence-corrected chi connectivity index (χ0v) is 13.5. The summed E-state index contributed by atoms with van der Waals surface area (Å²) in [6.07, 6.45) is 4.19. The molecule has 134 valence electrons. The van der Waals surface area contributed by atoms with Crippen LogP contribution in [-0.4, -0.2) is 26.5 Å². The lowest BCUT2D eigenvalue weighted by molar-refractivity contribution is 0.0730. The van der Waals surface area contributed by atoms with E-state index in [4.69, 9.17) is 14.9 Å². The first-order valence-electron chi connectivity index (χ1n) is 7.95. The van der Waals surface area contributed by atoms with E-state index in [9.17, 15) is 19.2 Å². The lowest BCUT2D eigenvalue weighted by atomic mass is 9.97. The summed E-state index contributed by atoms with van der Waals surface area (Å²) < 4.78 is 10.9. The molecule has 0 atom stereocenters. The Kier molecular flexibility index (Phi) is 3.53. The van der Waals surface area contributed by atoms with Crippen LogP contribution in [0.15, 0.2) is 26.3 Å². The van der Waals surface area contributed by atoms with E-state index >= 15 is 0 Å². The van der Waals surface area contributed by atoms with Crippen LogP contribution < -0.4 is 21.6 Å². The van der Waals surface area contributed by atoms with Crippen LogP contribution in [0.2, 0.25) is 0 Å². The molecule has 0 spiro atoms. The van der Waals surface area contributed by atoms with Crippen molar-refractivity contribution >= 4 is 17.5 Å². The van der Waals surface area contributed by atoms with E-state index in [-0.39, 0.29) is 28.3 Å². The second-order valence-corrected chi connectivity index (χ2v) is 5.96. The smallest absolute Gasteiger partial charge is 0.353 e. The van der Waals surface area contributed by atoms with Gasteiger partial charge in [-0.05, 0) is 25.7 Å². The second kappa shape index (κ2) is 5.76. The highest BCUT2D eigenvalue weighted by atomic mass is 16.5. The molecule has 4 rings (SSSR count). The predicted molar refractivity (Wildman–Crippen MR) is 87.5 cm³/mol. The van der Waals surface area contributed by atoms with E-state index < -0.39 is 17.4 Å². The van der Waals surface area contributed by atoms with Crippen molar-refractivity contribution < 1.29 is 18.7 Å². The molecule has 0 bridgehead atoms. The number of rotatable bonds is 3. The minimum Gasteiger partial charge on any atom is -0.455 e. The molecule has 26 heavy (non-hydrogen) atoms. The number of esters is 1. The van der Waals surface area contributed by atoms with E-state index in [0.29, 0.717) is 24.1 Å². The monoisotopic (exact) mass is 358 g/mol. The van der Waals surface area contributed by atoms with Gasteiger partial charge in [-0.25, -0.2) is 4.79 Å². The molecule has 0 aromatic carbocycles. The standard InChI is InChI=1S/C16H14N4O6/c17-12(21)11-9(5-6-25-11)26-16(24)10-13-18-8-4-2-1-3-7(8)15(23)20(13)19-14(10)22/h5-6,18H,1-4H2,(H2,17,21)(H,19,22). The molecule has 3 aromatic heterocycles. The van der Waals surface area contributed by atoms with Crippen LogP contribution in [0.5, 0.6) is 5.75 Å². The van der Waals surface area contributed by atoms with Gasteiger partial charge in [-0.15, -0.1) is 0 Å². The molecular formula is C16H14N4O6. The Balaban J connectivity index is 1.82. The molecule has 0 aliphatic heterocycles. The van der Waals surface area contributed by atoms with Gasteiger partial charge in [0.15, 0.2) is 17.0 Å². The molecule has 4 N–H and O–H groups in total. The van der Waals surface area contributed by atoms with Crippen molar-refractivity contribution in [3.05, 3.63) is 55.6 Å². The number of fused-ring (bicyclic) bond motifs is 2. The second-order valence-electron chi connectivity index (χ2n) is 5.96. The largest absolute Gasteiger partial charge is 0.455 e. The third kappa shape index (κ3) is 2.34. The number of nitrogens with one attached hydrogen (secondary N) is 2. The van der Waals surface area contributed by atoms with E-state index in [2.05, 4.69) is 10.1 Å². The summed E-state index contributed by atoms with van der Waals surface area (Å²) in [7, 11) is 0. The third-order valence-electron chi connectivity index (χ3n) is 4.36. The molecular weight excluding hydrogens is 344 g/mol. The highest BCUT2D eigenvalue weighted by Gasteiger charge is 2.26. The molecule has 0 fully saturated rings. The van der Waals surface area contributed by atoms with E-state index in [1.807, 2.05) is 0 Å². The first-order chi connectivity index (χ1) is 12.5. The molecule has 3 aromatic rings. The van der Waals surface area contributed by atoms with Gasteiger partial charge in [-0.2, -0.15) is 4.52 Å². The summed E-state index contributed by atoms with van der Waals surface area (Å²) in [5.74, 6) is -2.51. The fraction of sp³-hybridized carbons (Fsp3) is 0.250. The van der Waals surface area contributed by atoms with Crippen LogP contribution in [0.3, 0.4) is 0 Å². The molecule has 0 saturated carbocycles. The highest BCUT2D eigenvalue weighted by molar-refractivity contribution is 5.99. The number of furan rings is 1. The van der Waals surface area contributed by atoms with E-state index in [1.54, 1.807) is 0 Å². The van der Waals surface area contributed by atoms with Crippen molar-refractivity contribution in [1.29, 1.82) is 0 Å². The molecule has 0 unspecified atom stereocenters. The summed E-state index contributed by atoms with van der Waals surface area (Å²) in [4.78, 5) is 51.5. The predicted octanol–water partition coefficient (Wildman–Crippen LogP) is 0.106. The van der Waals surface area contributed by atoms with Gasteiger partial charge in [0.2, 0.25) is 5.76 Å². The zero-order valence-electron chi connectivity index (χ0n) is 13.5. The van der Waals surface area contributed by atoms with Crippen LogP contribution in [-0.2, 0) is 12.8 Å². The van der Waals surface area contributed by atoms with Crippen molar-refractivity contribution in [2.75, 3.05) is 0 Å². The summed E-state index contributed by atoms with van der Waals surface area (Å²) >= 11 is 0. The van der Waals surface area contributed by atoms with E-state index in [0.717, 1.165) is 23.6 Å².